The standard InChI is InChI=1S/C7H7NS/c1-2-6-3-4-8-7(6)9-5-1/h1-4,8H,5H2. The van der Waals surface area contributed by atoms with Crippen molar-refractivity contribution in [2.75, 3.05) is 5.75 Å². The first-order valence-electron chi connectivity index (χ1n) is 2.93. The van der Waals surface area contributed by atoms with E-state index >= 15 is 0 Å². The first-order chi connectivity index (χ1) is 4.47. The molecule has 0 aromatic carbocycles. The summed E-state index contributed by atoms with van der Waals surface area (Å²) in [4.78, 5) is 3.17. The molecule has 1 N–H and O–H groups in total. The first-order valence-corrected chi connectivity index (χ1v) is 3.92. The van der Waals surface area contributed by atoms with Gasteiger partial charge >= 0.3 is 0 Å². The van der Waals surface area contributed by atoms with Crippen molar-refractivity contribution in [3.8, 4) is 0 Å². The quantitative estimate of drug-likeness (QED) is 0.579. The lowest BCUT2D eigenvalue weighted by Gasteiger charge is -2.01. The van der Waals surface area contributed by atoms with Crippen LogP contribution >= 0.6 is 11.8 Å². The van der Waals surface area contributed by atoms with Gasteiger partial charge in [0.15, 0.2) is 0 Å². The molecule has 2 rings (SSSR count). The minimum absolute atomic E-state index is 1.10. The molecular weight excluding hydrogens is 130 g/mol. The molecule has 0 radical (unpaired) electrons. The molecule has 46 valence electrons. The Morgan fingerprint density at radius 3 is 3.44 bits per heavy atom. The van der Waals surface area contributed by atoms with Gasteiger partial charge in [0, 0.05) is 17.5 Å². The van der Waals surface area contributed by atoms with Crippen molar-refractivity contribution in [1.82, 2.24) is 4.98 Å². The molecule has 0 aliphatic carbocycles. The van der Waals surface area contributed by atoms with Crippen LogP contribution in [0.5, 0.6) is 0 Å². The van der Waals surface area contributed by atoms with E-state index in [1.165, 1.54) is 10.6 Å². The molecule has 2 heterocycles. The van der Waals surface area contributed by atoms with Crippen LogP contribution in [0.2, 0.25) is 0 Å². The highest BCUT2D eigenvalue weighted by molar-refractivity contribution is 7.99. The van der Waals surface area contributed by atoms with Crippen LogP contribution in [0, 0.1) is 0 Å². The zero-order chi connectivity index (χ0) is 6.10. The van der Waals surface area contributed by atoms with Crippen LogP contribution in [0.1, 0.15) is 5.56 Å². The monoisotopic (exact) mass is 137 g/mol. The molecule has 1 aromatic heterocycles. The van der Waals surface area contributed by atoms with E-state index in [1.54, 1.807) is 0 Å². The van der Waals surface area contributed by atoms with Crippen LogP contribution in [0.15, 0.2) is 23.4 Å². The fraction of sp³-hybridized carbons (Fsp3) is 0.143. The second-order valence-corrected chi connectivity index (χ2v) is 3.01. The molecule has 0 amide bonds. The predicted molar refractivity (Wildman–Crippen MR) is 40.6 cm³/mol. The van der Waals surface area contributed by atoms with E-state index in [0.717, 1.165) is 5.75 Å². The molecule has 0 saturated heterocycles. The highest BCUT2D eigenvalue weighted by Crippen LogP contribution is 2.25. The lowest BCUT2D eigenvalue weighted by molar-refractivity contribution is 1.19. The highest BCUT2D eigenvalue weighted by Gasteiger charge is 2.02. The average Bonchev–Trinajstić information content (AvgIpc) is 2.33. The molecule has 9 heavy (non-hydrogen) atoms. The fourth-order valence-corrected chi connectivity index (χ4v) is 1.74. The number of rotatable bonds is 0. The minimum Gasteiger partial charge on any atom is -0.356 e. The van der Waals surface area contributed by atoms with Gasteiger partial charge in [-0.3, -0.25) is 0 Å². The molecular formula is C7H7NS. The minimum atomic E-state index is 1.10. The van der Waals surface area contributed by atoms with Crippen LogP contribution in [-0.4, -0.2) is 10.7 Å². The van der Waals surface area contributed by atoms with Gasteiger partial charge in [0.25, 0.3) is 0 Å². The number of fused-ring (bicyclic) bond motifs is 1. The molecule has 0 atom stereocenters. The Balaban J connectivity index is 2.53. The third kappa shape index (κ3) is 0.793. The Hall–Kier alpha value is -0.630. The second kappa shape index (κ2) is 1.95. The number of hydrogen-bond acceptors (Lipinski definition) is 1. The summed E-state index contributed by atoms with van der Waals surface area (Å²) in [7, 11) is 0. The van der Waals surface area contributed by atoms with Crippen LogP contribution in [0.4, 0.5) is 0 Å². The molecule has 1 aliphatic heterocycles. The van der Waals surface area contributed by atoms with Gasteiger partial charge in [0.2, 0.25) is 0 Å². The summed E-state index contributed by atoms with van der Waals surface area (Å²) >= 11 is 1.85. The van der Waals surface area contributed by atoms with Gasteiger partial charge in [0.05, 0.1) is 5.03 Å². The van der Waals surface area contributed by atoms with Crippen LogP contribution < -0.4 is 0 Å². The second-order valence-electron chi connectivity index (χ2n) is 1.98. The Labute approximate surface area is 58.2 Å². The highest BCUT2D eigenvalue weighted by atomic mass is 32.2. The first kappa shape index (κ1) is 5.18. The molecule has 0 saturated carbocycles. The van der Waals surface area contributed by atoms with Crippen LogP contribution in [0.25, 0.3) is 6.08 Å². The van der Waals surface area contributed by atoms with Gasteiger partial charge in [-0.15, -0.1) is 11.8 Å². The molecule has 0 unspecified atom stereocenters. The van der Waals surface area contributed by atoms with Crippen molar-refractivity contribution in [3.63, 3.8) is 0 Å². The van der Waals surface area contributed by atoms with E-state index in [9.17, 15) is 0 Å². The number of H-pyrrole nitrogens is 1. The van der Waals surface area contributed by atoms with Crippen molar-refractivity contribution in [3.05, 3.63) is 23.9 Å². The van der Waals surface area contributed by atoms with E-state index < -0.39 is 0 Å². The number of aromatic amines is 1. The third-order valence-electron chi connectivity index (χ3n) is 1.36. The number of aromatic nitrogens is 1. The maximum atomic E-state index is 3.17. The number of hydrogen-bond donors (Lipinski definition) is 1. The van der Waals surface area contributed by atoms with Crippen molar-refractivity contribution in [2.24, 2.45) is 0 Å². The largest absolute Gasteiger partial charge is 0.356 e. The average molecular weight is 137 g/mol. The van der Waals surface area contributed by atoms with E-state index in [1.807, 2.05) is 18.0 Å². The molecule has 0 spiro atoms. The van der Waals surface area contributed by atoms with E-state index in [4.69, 9.17) is 0 Å². The predicted octanol–water partition coefficient (Wildman–Crippen LogP) is 2.13. The molecule has 1 nitrogen and oxygen atoms in total. The SMILES string of the molecule is C1=Cc2cc[nH]c2SC1. The van der Waals surface area contributed by atoms with Gasteiger partial charge in [-0.05, 0) is 6.07 Å². The Morgan fingerprint density at radius 1 is 1.56 bits per heavy atom. The summed E-state index contributed by atoms with van der Waals surface area (Å²) in [6, 6.07) is 2.10. The maximum Gasteiger partial charge on any atom is 0.0798 e. The topological polar surface area (TPSA) is 15.8 Å². The zero-order valence-electron chi connectivity index (χ0n) is 4.92. The third-order valence-corrected chi connectivity index (χ3v) is 2.36. The van der Waals surface area contributed by atoms with Gasteiger partial charge in [-0.2, -0.15) is 0 Å². The Kier molecular flexibility index (Phi) is 1.12. The van der Waals surface area contributed by atoms with Gasteiger partial charge < -0.3 is 4.98 Å². The smallest absolute Gasteiger partial charge is 0.0798 e. The van der Waals surface area contributed by atoms with Crippen molar-refractivity contribution in [2.45, 2.75) is 5.03 Å². The Bertz CT molecular complexity index is 237. The summed E-state index contributed by atoms with van der Waals surface area (Å²) in [5.41, 5.74) is 1.33. The summed E-state index contributed by atoms with van der Waals surface area (Å²) in [5, 5.41) is 1.30. The van der Waals surface area contributed by atoms with Crippen molar-refractivity contribution < 1.29 is 0 Å². The Morgan fingerprint density at radius 2 is 2.56 bits per heavy atom. The lowest BCUT2D eigenvalue weighted by atomic mass is 10.3. The maximum absolute atomic E-state index is 3.17. The molecule has 0 bridgehead atoms. The summed E-state index contributed by atoms with van der Waals surface area (Å²) in [5.74, 6) is 1.10. The lowest BCUT2D eigenvalue weighted by Crippen LogP contribution is -1.82. The van der Waals surface area contributed by atoms with E-state index in [2.05, 4.69) is 23.2 Å². The van der Waals surface area contributed by atoms with Crippen molar-refractivity contribution in [1.29, 1.82) is 0 Å². The van der Waals surface area contributed by atoms with Crippen LogP contribution in [-0.2, 0) is 0 Å². The van der Waals surface area contributed by atoms with Crippen LogP contribution in [0.3, 0.4) is 0 Å². The summed E-state index contributed by atoms with van der Waals surface area (Å²) in [6.07, 6.45) is 6.32. The van der Waals surface area contributed by atoms with E-state index in [0.29, 0.717) is 0 Å². The summed E-state index contributed by atoms with van der Waals surface area (Å²) < 4.78 is 0. The zero-order valence-corrected chi connectivity index (χ0v) is 5.74. The fourth-order valence-electron chi connectivity index (χ4n) is 0.929. The van der Waals surface area contributed by atoms with Gasteiger partial charge in [-0.25, -0.2) is 0 Å². The van der Waals surface area contributed by atoms with Gasteiger partial charge in [0.1, 0.15) is 0 Å². The molecule has 1 aliphatic rings. The molecule has 0 fully saturated rings. The van der Waals surface area contributed by atoms with E-state index in [-0.39, 0.29) is 0 Å². The number of nitrogens with one attached hydrogen (secondary N) is 1. The normalized spacial score (nSPS) is 15.6. The van der Waals surface area contributed by atoms with Crippen molar-refractivity contribution >= 4 is 17.8 Å². The molecule has 1 aromatic rings. The molecule has 2 heteroatoms. The number of thioether (sulfide) groups is 1. The van der Waals surface area contributed by atoms with Gasteiger partial charge in [-0.1, -0.05) is 12.2 Å². The summed E-state index contributed by atoms with van der Waals surface area (Å²) in [6.45, 7) is 0.